The maximum atomic E-state index is 6.28. The molecule has 1 N–H and O–H groups in total. The van der Waals surface area contributed by atoms with Crippen LogP contribution in [0.15, 0.2) is 42.7 Å². The second kappa shape index (κ2) is 6.22. The topological polar surface area (TPSA) is 31.4 Å². The zero-order valence-corrected chi connectivity index (χ0v) is 12.8. The molecule has 2 heterocycles. The van der Waals surface area contributed by atoms with Crippen molar-refractivity contribution in [3.63, 3.8) is 0 Å². The molecular weight excluding hydrogens is 284 g/mol. The Kier molecular flexibility index (Phi) is 4.15. The van der Waals surface area contributed by atoms with E-state index >= 15 is 0 Å². The molecule has 110 valence electrons. The zero-order valence-electron chi connectivity index (χ0n) is 12.1. The number of piperazine rings is 1. The Hall–Kier alpha value is -1.94. The third-order valence-electron chi connectivity index (χ3n) is 3.85. The summed E-state index contributed by atoms with van der Waals surface area (Å²) in [7, 11) is 1.91. The van der Waals surface area contributed by atoms with Crippen molar-refractivity contribution >= 4 is 28.7 Å². The molecule has 1 aromatic carbocycles. The molecule has 0 atom stereocenters. The van der Waals surface area contributed by atoms with Crippen molar-refractivity contribution in [1.29, 1.82) is 0 Å². The van der Waals surface area contributed by atoms with E-state index in [0.717, 1.165) is 42.6 Å². The van der Waals surface area contributed by atoms with Crippen LogP contribution >= 0.6 is 11.6 Å². The molecule has 1 aliphatic heterocycles. The summed E-state index contributed by atoms with van der Waals surface area (Å²) < 4.78 is 0. The smallest absolute Gasteiger partial charge is 0.0639 e. The number of aromatic nitrogens is 1. The Labute approximate surface area is 130 Å². The van der Waals surface area contributed by atoms with Crippen molar-refractivity contribution in [2.45, 2.75) is 0 Å². The second-order valence-electron chi connectivity index (χ2n) is 5.11. The molecule has 0 saturated carbocycles. The second-order valence-corrected chi connectivity index (χ2v) is 5.51. The lowest BCUT2D eigenvalue weighted by atomic mass is 10.2. The van der Waals surface area contributed by atoms with Crippen molar-refractivity contribution in [3.8, 4) is 0 Å². The highest BCUT2D eigenvalue weighted by atomic mass is 35.5. The molecule has 1 aliphatic rings. The number of rotatable bonds is 3. The van der Waals surface area contributed by atoms with Crippen LogP contribution in [-0.2, 0) is 0 Å². The van der Waals surface area contributed by atoms with Crippen LogP contribution in [0.2, 0.25) is 5.02 Å². The largest absolute Gasteiger partial charge is 0.387 e. The predicted molar refractivity (Wildman–Crippen MR) is 89.7 cm³/mol. The van der Waals surface area contributed by atoms with E-state index < -0.39 is 0 Å². The summed E-state index contributed by atoms with van der Waals surface area (Å²) >= 11 is 6.28. The number of hydrogen-bond acceptors (Lipinski definition) is 4. The van der Waals surface area contributed by atoms with Crippen LogP contribution in [0.3, 0.4) is 0 Å². The maximum Gasteiger partial charge on any atom is 0.0639 e. The average Bonchev–Trinajstić information content (AvgIpc) is 2.56. The fourth-order valence-electron chi connectivity index (χ4n) is 2.65. The number of nitrogens with one attached hydrogen (secondary N) is 1. The molecule has 0 aliphatic carbocycles. The third kappa shape index (κ3) is 3.05. The Balaban J connectivity index is 1.69. The van der Waals surface area contributed by atoms with Gasteiger partial charge in [0.1, 0.15) is 0 Å². The van der Waals surface area contributed by atoms with Gasteiger partial charge in [0.2, 0.25) is 0 Å². The number of pyridine rings is 1. The number of nitrogens with zero attached hydrogens (tertiary/aromatic N) is 3. The molecule has 1 saturated heterocycles. The maximum absolute atomic E-state index is 6.28. The minimum atomic E-state index is 0.824. The Morgan fingerprint density at radius 2 is 1.76 bits per heavy atom. The first-order chi connectivity index (χ1) is 10.3. The van der Waals surface area contributed by atoms with Crippen molar-refractivity contribution < 1.29 is 0 Å². The summed E-state index contributed by atoms with van der Waals surface area (Å²) in [6.45, 7) is 3.88. The van der Waals surface area contributed by atoms with E-state index in [1.54, 1.807) is 0 Å². The summed E-state index contributed by atoms with van der Waals surface area (Å²) in [5.41, 5.74) is 3.34. The molecule has 0 amide bonds. The highest BCUT2D eigenvalue weighted by Crippen LogP contribution is 2.27. The van der Waals surface area contributed by atoms with Gasteiger partial charge in [-0.15, -0.1) is 0 Å². The molecule has 4 nitrogen and oxygen atoms in total. The first kappa shape index (κ1) is 14.0. The zero-order chi connectivity index (χ0) is 14.7. The molecular formula is C16H19ClN4. The monoisotopic (exact) mass is 302 g/mol. The third-order valence-corrected chi connectivity index (χ3v) is 4.17. The van der Waals surface area contributed by atoms with Crippen molar-refractivity contribution in [2.75, 3.05) is 48.3 Å². The first-order valence-corrected chi connectivity index (χ1v) is 7.53. The molecule has 0 radical (unpaired) electrons. The molecule has 1 fully saturated rings. The standard InChI is InChI=1S/C16H19ClN4/c1-18-13-10-14(12-19-11-13)20-6-8-21(9-7-20)16-5-3-2-4-15(16)17/h2-5,10-12,18H,6-9H2,1H3. The van der Waals surface area contributed by atoms with Gasteiger partial charge in [-0.05, 0) is 18.2 Å². The van der Waals surface area contributed by atoms with E-state index in [4.69, 9.17) is 11.6 Å². The molecule has 5 heteroatoms. The van der Waals surface area contributed by atoms with Crippen molar-refractivity contribution in [2.24, 2.45) is 0 Å². The van der Waals surface area contributed by atoms with Gasteiger partial charge in [-0.3, -0.25) is 4.98 Å². The highest BCUT2D eigenvalue weighted by molar-refractivity contribution is 6.33. The molecule has 0 bridgehead atoms. The van der Waals surface area contributed by atoms with Crippen LogP contribution in [0.1, 0.15) is 0 Å². The van der Waals surface area contributed by atoms with Gasteiger partial charge >= 0.3 is 0 Å². The van der Waals surface area contributed by atoms with Gasteiger partial charge in [-0.1, -0.05) is 23.7 Å². The van der Waals surface area contributed by atoms with Gasteiger partial charge in [0.15, 0.2) is 0 Å². The van der Waals surface area contributed by atoms with Crippen LogP contribution < -0.4 is 15.1 Å². The fourth-order valence-corrected chi connectivity index (χ4v) is 2.91. The van der Waals surface area contributed by atoms with E-state index in [9.17, 15) is 0 Å². The van der Waals surface area contributed by atoms with Crippen LogP contribution in [-0.4, -0.2) is 38.2 Å². The van der Waals surface area contributed by atoms with Gasteiger partial charge < -0.3 is 15.1 Å². The molecule has 3 rings (SSSR count). The normalized spacial score (nSPS) is 15.1. The minimum Gasteiger partial charge on any atom is -0.387 e. The van der Waals surface area contributed by atoms with Gasteiger partial charge in [-0.25, -0.2) is 0 Å². The summed E-state index contributed by atoms with van der Waals surface area (Å²) in [6, 6.07) is 10.2. The summed E-state index contributed by atoms with van der Waals surface area (Å²) in [5, 5.41) is 3.96. The van der Waals surface area contributed by atoms with E-state index in [1.807, 2.05) is 37.6 Å². The van der Waals surface area contributed by atoms with E-state index in [0.29, 0.717) is 0 Å². The van der Waals surface area contributed by atoms with E-state index in [-0.39, 0.29) is 0 Å². The van der Waals surface area contributed by atoms with Crippen LogP contribution in [0.25, 0.3) is 0 Å². The number of halogens is 1. The number of anilines is 3. The number of benzene rings is 1. The van der Waals surface area contributed by atoms with E-state index in [1.165, 1.54) is 5.69 Å². The van der Waals surface area contributed by atoms with Gasteiger partial charge in [0.25, 0.3) is 0 Å². The fraction of sp³-hybridized carbons (Fsp3) is 0.312. The molecule has 1 aromatic heterocycles. The number of hydrogen-bond donors (Lipinski definition) is 1. The van der Waals surface area contributed by atoms with Crippen LogP contribution in [0.5, 0.6) is 0 Å². The molecule has 21 heavy (non-hydrogen) atoms. The lowest BCUT2D eigenvalue weighted by Crippen LogP contribution is -2.46. The Morgan fingerprint density at radius 1 is 1.05 bits per heavy atom. The highest BCUT2D eigenvalue weighted by Gasteiger charge is 2.19. The Morgan fingerprint density at radius 3 is 2.48 bits per heavy atom. The molecule has 0 spiro atoms. The van der Waals surface area contributed by atoms with E-state index in [2.05, 4.69) is 32.2 Å². The average molecular weight is 303 g/mol. The van der Waals surface area contributed by atoms with Crippen molar-refractivity contribution in [3.05, 3.63) is 47.7 Å². The van der Waals surface area contributed by atoms with Gasteiger partial charge in [-0.2, -0.15) is 0 Å². The predicted octanol–water partition coefficient (Wildman–Crippen LogP) is 3.10. The summed E-state index contributed by atoms with van der Waals surface area (Å²) in [5.74, 6) is 0. The van der Waals surface area contributed by atoms with Crippen LogP contribution in [0, 0.1) is 0 Å². The van der Waals surface area contributed by atoms with Crippen LogP contribution in [0.4, 0.5) is 17.1 Å². The SMILES string of the molecule is CNc1cncc(N2CCN(c3ccccc3Cl)CC2)c1. The lowest BCUT2D eigenvalue weighted by molar-refractivity contribution is 0.653. The minimum absolute atomic E-state index is 0.824. The van der Waals surface area contributed by atoms with Crippen molar-refractivity contribution in [1.82, 2.24) is 4.98 Å². The Bertz CT molecular complexity index is 609. The summed E-state index contributed by atoms with van der Waals surface area (Å²) in [4.78, 5) is 8.99. The molecule has 2 aromatic rings. The first-order valence-electron chi connectivity index (χ1n) is 7.15. The summed E-state index contributed by atoms with van der Waals surface area (Å²) in [6.07, 6.45) is 3.76. The van der Waals surface area contributed by atoms with Gasteiger partial charge in [0.05, 0.1) is 34.5 Å². The number of para-hydroxylation sites is 1. The quantitative estimate of drug-likeness (QED) is 0.944. The lowest BCUT2D eigenvalue weighted by Gasteiger charge is -2.37. The van der Waals surface area contributed by atoms with Gasteiger partial charge in [0, 0.05) is 33.2 Å². The molecule has 0 unspecified atom stereocenters.